The Balaban J connectivity index is 1.59. The van der Waals surface area contributed by atoms with E-state index in [-0.39, 0.29) is 5.91 Å². The van der Waals surface area contributed by atoms with E-state index in [1.807, 2.05) is 18.2 Å². The van der Waals surface area contributed by atoms with Gasteiger partial charge in [0.05, 0.1) is 11.4 Å². The van der Waals surface area contributed by atoms with Gasteiger partial charge in [-0.15, -0.1) is 0 Å². The summed E-state index contributed by atoms with van der Waals surface area (Å²) in [5.74, 6) is 0.0743. The van der Waals surface area contributed by atoms with Crippen molar-refractivity contribution in [1.29, 1.82) is 0 Å². The summed E-state index contributed by atoms with van der Waals surface area (Å²) in [5.41, 5.74) is 4.50. The molecule has 2 aromatic carbocycles. The zero-order chi connectivity index (χ0) is 18.4. The van der Waals surface area contributed by atoms with Gasteiger partial charge in [0.15, 0.2) is 0 Å². The molecule has 0 unspecified atom stereocenters. The minimum absolute atomic E-state index is 0.0743. The zero-order valence-corrected chi connectivity index (χ0v) is 15.9. The Labute approximate surface area is 156 Å². The van der Waals surface area contributed by atoms with E-state index in [9.17, 15) is 4.79 Å². The first-order chi connectivity index (χ1) is 12.7. The van der Waals surface area contributed by atoms with Crippen molar-refractivity contribution in [3.8, 4) is 0 Å². The van der Waals surface area contributed by atoms with Gasteiger partial charge >= 0.3 is 0 Å². The fourth-order valence-electron chi connectivity index (χ4n) is 3.39. The molecule has 0 aliphatic carbocycles. The predicted molar refractivity (Wildman–Crippen MR) is 109 cm³/mol. The van der Waals surface area contributed by atoms with Gasteiger partial charge in [0.2, 0.25) is 5.91 Å². The highest BCUT2D eigenvalue weighted by atomic mass is 16.1. The predicted octanol–water partition coefficient (Wildman–Crippen LogP) is 3.71. The normalized spacial score (nSPS) is 15.1. The van der Waals surface area contributed by atoms with E-state index in [1.165, 1.54) is 11.1 Å². The topological polar surface area (TPSA) is 35.6 Å². The fraction of sp³-hybridized carbons (Fsp3) is 0.409. The van der Waals surface area contributed by atoms with Gasteiger partial charge in [0, 0.05) is 32.6 Å². The van der Waals surface area contributed by atoms with Gasteiger partial charge in [-0.25, -0.2) is 0 Å². The minimum Gasteiger partial charge on any atom is -0.367 e. The van der Waals surface area contributed by atoms with E-state index >= 15 is 0 Å². The monoisotopic (exact) mass is 351 g/mol. The van der Waals surface area contributed by atoms with Crippen molar-refractivity contribution in [2.24, 2.45) is 0 Å². The van der Waals surface area contributed by atoms with E-state index in [2.05, 4.69) is 59.3 Å². The average molecular weight is 351 g/mol. The van der Waals surface area contributed by atoms with Crippen LogP contribution in [-0.2, 0) is 11.2 Å². The summed E-state index contributed by atoms with van der Waals surface area (Å²) in [6.45, 7) is 9.55. The Morgan fingerprint density at radius 2 is 1.69 bits per heavy atom. The largest absolute Gasteiger partial charge is 0.367 e. The van der Waals surface area contributed by atoms with Crippen molar-refractivity contribution >= 4 is 17.3 Å². The summed E-state index contributed by atoms with van der Waals surface area (Å²) < 4.78 is 0. The zero-order valence-electron chi connectivity index (χ0n) is 15.9. The molecule has 0 atom stereocenters. The summed E-state index contributed by atoms with van der Waals surface area (Å²) in [6.07, 6.45) is 1.27. The number of amides is 1. The molecule has 0 aromatic heterocycles. The second-order valence-corrected chi connectivity index (χ2v) is 6.97. The van der Waals surface area contributed by atoms with E-state index < -0.39 is 0 Å². The van der Waals surface area contributed by atoms with Crippen LogP contribution in [0.2, 0.25) is 0 Å². The van der Waals surface area contributed by atoms with Crippen LogP contribution in [0.5, 0.6) is 0 Å². The standard InChI is InChI=1S/C22H29N3O/c1-3-24-14-16-25(17-15-24)21-7-5-4-6-20(21)23-22(26)13-12-19-10-8-18(2)9-11-19/h4-11H,3,12-17H2,1-2H3,(H,23,26). The number of aryl methyl sites for hydroxylation is 2. The molecule has 4 heteroatoms. The van der Waals surface area contributed by atoms with Gasteiger partial charge < -0.3 is 15.1 Å². The lowest BCUT2D eigenvalue weighted by atomic mass is 10.1. The van der Waals surface area contributed by atoms with E-state index in [0.717, 1.165) is 50.5 Å². The number of anilines is 2. The van der Waals surface area contributed by atoms with E-state index in [0.29, 0.717) is 6.42 Å². The number of benzene rings is 2. The first-order valence-electron chi connectivity index (χ1n) is 9.57. The highest BCUT2D eigenvalue weighted by Crippen LogP contribution is 2.26. The lowest BCUT2D eigenvalue weighted by Gasteiger charge is -2.36. The molecular weight excluding hydrogens is 322 g/mol. The van der Waals surface area contributed by atoms with Gasteiger partial charge in [0.25, 0.3) is 0 Å². The Kier molecular flexibility index (Phi) is 6.29. The molecule has 0 bridgehead atoms. The number of nitrogens with zero attached hydrogens (tertiary/aromatic N) is 2. The highest BCUT2D eigenvalue weighted by molar-refractivity contribution is 5.94. The van der Waals surface area contributed by atoms with Crippen LogP contribution in [0.25, 0.3) is 0 Å². The number of hydrogen-bond acceptors (Lipinski definition) is 3. The lowest BCUT2D eigenvalue weighted by molar-refractivity contribution is -0.116. The lowest BCUT2D eigenvalue weighted by Crippen LogP contribution is -2.46. The van der Waals surface area contributed by atoms with Gasteiger partial charge in [-0.1, -0.05) is 48.9 Å². The third-order valence-electron chi connectivity index (χ3n) is 5.10. The van der Waals surface area contributed by atoms with Crippen LogP contribution >= 0.6 is 0 Å². The number of para-hydroxylation sites is 2. The number of carbonyl (C=O) groups excluding carboxylic acids is 1. The second kappa shape index (κ2) is 8.86. The molecule has 1 N–H and O–H groups in total. The first kappa shape index (κ1) is 18.5. The Hall–Kier alpha value is -2.33. The maximum atomic E-state index is 12.4. The summed E-state index contributed by atoms with van der Waals surface area (Å²) in [4.78, 5) is 17.3. The molecule has 1 aliphatic heterocycles. The number of piperazine rings is 1. The van der Waals surface area contributed by atoms with Crippen LogP contribution in [0.3, 0.4) is 0 Å². The molecule has 1 heterocycles. The van der Waals surface area contributed by atoms with Crippen LogP contribution < -0.4 is 10.2 Å². The van der Waals surface area contributed by atoms with Crippen molar-refractivity contribution in [3.05, 3.63) is 59.7 Å². The first-order valence-corrected chi connectivity index (χ1v) is 9.57. The van der Waals surface area contributed by atoms with Crippen molar-refractivity contribution in [2.45, 2.75) is 26.7 Å². The molecule has 0 saturated carbocycles. The summed E-state index contributed by atoms with van der Waals surface area (Å²) >= 11 is 0. The average Bonchev–Trinajstić information content (AvgIpc) is 2.68. The van der Waals surface area contributed by atoms with Gasteiger partial charge in [-0.05, 0) is 37.6 Å². The number of rotatable bonds is 6. The van der Waals surface area contributed by atoms with Crippen LogP contribution in [-0.4, -0.2) is 43.5 Å². The van der Waals surface area contributed by atoms with E-state index in [4.69, 9.17) is 0 Å². The fourth-order valence-corrected chi connectivity index (χ4v) is 3.39. The molecule has 26 heavy (non-hydrogen) atoms. The Morgan fingerprint density at radius 3 is 2.38 bits per heavy atom. The molecule has 1 fully saturated rings. The quantitative estimate of drug-likeness (QED) is 0.862. The molecule has 1 aliphatic rings. The molecule has 0 radical (unpaired) electrons. The molecule has 1 saturated heterocycles. The van der Waals surface area contributed by atoms with Crippen LogP contribution in [0.4, 0.5) is 11.4 Å². The van der Waals surface area contributed by atoms with E-state index in [1.54, 1.807) is 0 Å². The Bertz CT molecular complexity index is 718. The molecule has 0 spiro atoms. The summed E-state index contributed by atoms with van der Waals surface area (Å²) in [5, 5.41) is 3.12. The van der Waals surface area contributed by atoms with Crippen LogP contribution in [0.15, 0.2) is 48.5 Å². The van der Waals surface area contributed by atoms with Gasteiger partial charge in [0.1, 0.15) is 0 Å². The maximum Gasteiger partial charge on any atom is 0.224 e. The smallest absolute Gasteiger partial charge is 0.224 e. The van der Waals surface area contributed by atoms with Crippen molar-refractivity contribution in [3.63, 3.8) is 0 Å². The maximum absolute atomic E-state index is 12.4. The molecule has 138 valence electrons. The van der Waals surface area contributed by atoms with Gasteiger partial charge in [-0.3, -0.25) is 4.79 Å². The third kappa shape index (κ3) is 4.85. The van der Waals surface area contributed by atoms with Crippen molar-refractivity contribution in [2.75, 3.05) is 42.9 Å². The molecule has 4 nitrogen and oxygen atoms in total. The second-order valence-electron chi connectivity index (χ2n) is 6.97. The Morgan fingerprint density at radius 1 is 1.00 bits per heavy atom. The summed E-state index contributed by atoms with van der Waals surface area (Å²) in [6, 6.07) is 16.5. The molecular formula is C22H29N3O. The van der Waals surface area contributed by atoms with Crippen molar-refractivity contribution < 1.29 is 4.79 Å². The SMILES string of the molecule is CCN1CCN(c2ccccc2NC(=O)CCc2ccc(C)cc2)CC1. The highest BCUT2D eigenvalue weighted by Gasteiger charge is 2.18. The number of nitrogens with one attached hydrogen (secondary N) is 1. The minimum atomic E-state index is 0.0743. The van der Waals surface area contributed by atoms with Gasteiger partial charge in [-0.2, -0.15) is 0 Å². The van der Waals surface area contributed by atoms with Crippen molar-refractivity contribution in [1.82, 2.24) is 4.90 Å². The molecule has 3 rings (SSSR count). The summed E-state index contributed by atoms with van der Waals surface area (Å²) in [7, 11) is 0. The number of carbonyl (C=O) groups is 1. The molecule has 2 aromatic rings. The van der Waals surface area contributed by atoms with Crippen LogP contribution in [0.1, 0.15) is 24.5 Å². The molecule has 1 amide bonds. The number of likely N-dealkylation sites (N-methyl/N-ethyl adjacent to an activating group) is 1. The third-order valence-corrected chi connectivity index (χ3v) is 5.10. The van der Waals surface area contributed by atoms with Crippen LogP contribution in [0, 0.1) is 6.92 Å². The number of hydrogen-bond donors (Lipinski definition) is 1.